The molecular weight excluding hydrogens is 214 g/mol. The maximum absolute atomic E-state index is 12.3. The van der Waals surface area contributed by atoms with Gasteiger partial charge in [-0.25, -0.2) is 0 Å². The van der Waals surface area contributed by atoms with Crippen LogP contribution in [0, 0.1) is 0 Å². The van der Waals surface area contributed by atoms with E-state index in [-0.39, 0.29) is 11.2 Å². The van der Waals surface area contributed by atoms with Gasteiger partial charge in [0, 0.05) is 23.9 Å². The van der Waals surface area contributed by atoms with Crippen LogP contribution in [-0.4, -0.2) is 9.67 Å². The van der Waals surface area contributed by atoms with Gasteiger partial charge in [0.05, 0.1) is 11.0 Å². The molecule has 0 aliphatic carbocycles. The monoisotopic (exact) mass is 225 g/mol. The van der Waals surface area contributed by atoms with Crippen molar-refractivity contribution < 1.29 is 5.11 Å². The maximum atomic E-state index is 12.3. The van der Waals surface area contributed by atoms with E-state index in [2.05, 4.69) is 0 Å². The number of pyridine rings is 1. The molecule has 0 atom stereocenters. The highest BCUT2D eigenvalue weighted by Crippen LogP contribution is 2.21. The molecule has 3 nitrogen and oxygen atoms in total. The molecule has 0 saturated carbocycles. The lowest BCUT2D eigenvalue weighted by Crippen LogP contribution is -2.08. The average Bonchev–Trinajstić information content (AvgIpc) is 2.36. The number of para-hydroxylation sites is 1. The van der Waals surface area contributed by atoms with E-state index in [1.54, 1.807) is 18.2 Å². The highest BCUT2D eigenvalue weighted by Gasteiger charge is 2.08. The molecule has 0 bridgehead atoms. The van der Waals surface area contributed by atoms with Crippen molar-refractivity contribution >= 4 is 21.8 Å². The van der Waals surface area contributed by atoms with Gasteiger partial charge in [0.2, 0.25) is 0 Å². The molecule has 3 heteroatoms. The number of hydrogen-bond donors (Lipinski definition) is 1. The minimum atomic E-state index is 0.00806. The summed E-state index contributed by atoms with van der Waals surface area (Å²) in [6, 6.07) is 12.3. The number of aromatic nitrogens is 1. The number of hydrogen-bond acceptors (Lipinski definition) is 2. The summed E-state index contributed by atoms with van der Waals surface area (Å²) in [6.45, 7) is 0. The second-order valence-corrected chi connectivity index (χ2v) is 4.11. The molecule has 0 radical (unpaired) electrons. The minimum absolute atomic E-state index is 0.00806. The predicted octanol–water partition coefficient (Wildman–Crippen LogP) is 2.40. The maximum Gasteiger partial charge on any atom is 0.197 e. The zero-order valence-electron chi connectivity index (χ0n) is 9.34. The van der Waals surface area contributed by atoms with Crippen molar-refractivity contribution in [2.45, 2.75) is 0 Å². The van der Waals surface area contributed by atoms with Crippen molar-refractivity contribution in [3.63, 3.8) is 0 Å². The summed E-state index contributed by atoms with van der Waals surface area (Å²) >= 11 is 0. The number of aromatic hydroxyl groups is 1. The van der Waals surface area contributed by atoms with Crippen molar-refractivity contribution in [1.82, 2.24) is 4.57 Å². The summed E-state index contributed by atoms with van der Waals surface area (Å²) in [6.07, 6.45) is 0. The third-order valence-electron chi connectivity index (χ3n) is 3.10. The Morgan fingerprint density at radius 3 is 2.53 bits per heavy atom. The summed E-state index contributed by atoms with van der Waals surface area (Å²) in [5, 5.41) is 10.8. The molecule has 0 amide bonds. The first-order valence-electron chi connectivity index (χ1n) is 5.39. The third-order valence-corrected chi connectivity index (χ3v) is 3.10. The highest BCUT2D eigenvalue weighted by molar-refractivity contribution is 5.93. The third kappa shape index (κ3) is 1.32. The molecule has 2 aromatic carbocycles. The molecule has 0 fully saturated rings. The largest absolute Gasteiger partial charge is 0.508 e. The van der Waals surface area contributed by atoms with Gasteiger partial charge in [-0.3, -0.25) is 4.79 Å². The molecule has 0 aliphatic rings. The van der Waals surface area contributed by atoms with E-state index in [0.717, 1.165) is 11.0 Å². The molecule has 0 saturated heterocycles. The van der Waals surface area contributed by atoms with E-state index in [1.165, 1.54) is 0 Å². The Morgan fingerprint density at radius 2 is 1.71 bits per heavy atom. The number of phenols is 1. The number of nitrogens with zero attached hydrogens (tertiary/aromatic N) is 1. The van der Waals surface area contributed by atoms with Gasteiger partial charge < -0.3 is 9.67 Å². The molecule has 0 spiro atoms. The molecule has 3 rings (SSSR count). The summed E-state index contributed by atoms with van der Waals surface area (Å²) in [4.78, 5) is 12.3. The van der Waals surface area contributed by atoms with Crippen LogP contribution in [0.15, 0.2) is 47.3 Å². The Balaban J connectivity index is 2.68. The zero-order chi connectivity index (χ0) is 12.0. The molecule has 1 N–H and O–H groups in total. The van der Waals surface area contributed by atoms with Gasteiger partial charge in [0.15, 0.2) is 5.43 Å². The predicted molar refractivity (Wildman–Crippen MR) is 68.4 cm³/mol. The van der Waals surface area contributed by atoms with Crippen LogP contribution in [0.3, 0.4) is 0 Å². The quantitative estimate of drug-likeness (QED) is 0.597. The van der Waals surface area contributed by atoms with Crippen LogP contribution in [0.25, 0.3) is 21.8 Å². The second-order valence-electron chi connectivity index (χ2n) is 4.11. The van der Waals surface area contributed by atoms with Crippen molar-refractivity contribution in [1.29, 1.82) is 0 Å². The van der Waals surface area contributed by atoms with Crippen LogP contribution in [0.4, 0.5) is 0 Å². The van der Waals surface area contributed by atoms with Crippen LogP contribution in [0.1, 0.15) is 0 Å². The van der Waals surface area contributed by atoms with Crippen LogP contribution >= 0.6 is 0 Å². The second kappa shape index (κ2) is 3.35. The summed E-state index contributed by atoms with van der Waals surface area (Å²) in [7, 11) is 1.89. The fourth-order valence-corrected chi connectivity index (χ4v) is 2.22. The van der Waals surface area contributed by atoms with Crippen LogP contribution < -0.4 is 5.43 Å². The SMILES string of the molecule is Cn1c2ccccc2c(=O)c2ccc(O)cc21. The normalized spacial score (nSPS) is 11.1. The van der Waals surface area contributed by atoms with Gasteiger partial charge in [0.1, 0.15) is 5.75 Å². The van der Waals surface area contributed by atoms with E-state index in [4.69, 9.17) is 0 Å². The van der Waals surface area contributed by atoms with Crippen LogP contribution in [0.2, 0.25) is 0 Å². The summed E-state index contributed by atoms with van der Waals surface area (Å²) < 4.78 is 1.92. The lowest BCUT2D eigenvalue weighted by atomic mass is 10.1. The average molecular weight is 225 g/mol. The van der Waals surface area contributed by atoms with Crippen molar-refractivity contribution in [3.8, 4) is 5.75 Å². The van der Waals surface area contributed by atoms with Crippen LogP contribution in [0.5, 0.6) is 5.75 Å². The lowest BCUT2D eigenvalue weighted by molar-refractivity contribution is 0.476. The first kappa shape index (κ1) is 9.90. The molecule has 0 aliphatic heterocycles. The van der Waals surface area contributed by atoms with Crippen molar-refractivity contribution in [2.75, 3.05) is 0 Å². The molecule has 1 heterocycles. The fourth-order valence-electron chi connectivity index (χ4n) is 2.22. The Hall–Kier alpha value is -2.29. The van der Waals surface area contributed by atoms with E-state index in [9.17, 15) is 9.90 Å². The molecule has 17 heavy (non-hydrogen) atoms. The first-order valence-corrected chi connectivity index (χ1v) is 5.39. The lowest BCUT2D eigenvalue weighted by Gasteiger charge is -2.10. The molecule has 3 aromatic rings. The first-order chi connectivity index (χ1) is 8.18. The highest BCUT2D eigenvalue weighted by atomic mass is 16.3. The Bertz CT molecular complexity index is 787. The van der Waals surface area contributed by atoms with Gasteiger partial charge in [-0.05, 0) is 24.3 Å². The molecule has 84 valence electrons. The zero-order valence-corrected chi connectivity index (χ0v) is 9.34. The number of phenolic OH excluding ortho intramolecular Hbond substituents is 1. The van der Waals surface area contributed by atoms with Crippen LogP contribution in [-0.2, 0) is 7.05 Å². The molecule has 1 aromatic heterocycles. The number of fused-ring (bicyclic) bond motifs is 2. The van der Waals surface area contributed by atoms with Crippen molar-refractivity contribution in [2.24, 2.45) is 7.05 Å². The molecular formula is C14H11NO2. The van der Waals surface area contributed by atoms with Gasteiger partial charge in [0.25, 0.3) is 0 Å². The Labute approximate surface area is 97.5 Å². The van der Waals surface area contributed by atoms with E-state index in [0.29, 0.717) is 10.8 Å². The summed E-state index contributed by atoms with van der Waals surface area (Å²) in [5.74, 6) is 0.169. The Morgan fingerprint density at radius 1 is 1.00 bits per heavy atom. The van der Waals surface area contributed by atoms with E-state index >= 15 is 0 Å². The summed E-state index contributed by atoms with van der Waals surface area (Å²) in [5.41, 5.74) is 1.62. The smallest absolute Gasteiger partial charge is 0.197 e. The van der Waals surface area contributed by atoms with E-state index < -0.39 is 0 Å². The van der Waals surface area contributed by atoms with Gasteiger partial charge in [-0.2, -0.15) is 0 Å². The number of rotatable bonds is 0. The van der Waals surface area contributed by atoms with Gasteiger partial charge >= 0.3 is 0 Å². The van der Waals surface area contributed by atoms with Gasteiger partial charge in [-0.1, -0.05) is 12.1 Å². The van der Waals surface area contributed by atoms with Crippen molar-refractivity contribution in [3.05, 3.63) is 52.7 Å². The van der Waals surface area contributed by atoms with E-state index in [1.807, 2.05) is 35.9 Å². The number of aryl methyl sites for hydroxylation is 1. The van der Waals surface area contributed by atoms with Gasteiger partial charge in [-0.15, -0.1) is 0 Å². The minimum Gasteiger partial charge on any atom is -0.508 e. The standard InChI is InChI=1S/C14H11NO2/c1-15-12-5-3-2-4-10(12)14(17)11-7-6-9(16)8-13(11)15/h2-8,16H,1H3. The topological polar surface area (TPSA) is 42.2 Å². The Kier molecular flexibility index (Phi) is 1.95. The number of benzene rings is 2. The molecule has 0 unspecified atom stereocenters. The fraction of sp³-hybridized carbons (Fsp3) is 0.0714.